The van der Waals surface area contributed by atoms with E-state index < -0.39 is 10.1 Å². The summed E-state index contributed by atoms with van der Waals surface area (Å²) in [4.78, 5) is 1.17. The molecule has 3 aromatic carbocycles. The van der Waals surface area contributed by atoms with Gasteiger partial charge in [-0.05, 0) is 48.8 Å². The summed E-state index contributed by atoms with van der Waals surface area (Å²) in [5.74, 6) is -0.263. The summed E-state index contributed by atoms with van der Waals surface area (Å²) in [6, 6.07) is 25.7. The van der Waals surface area contributed by atoms with Gasteiger partial charge in [-0.15, -0.1) is 0 Å². The molecule has 3 aromatic rings. The zero-order chi connectivity index (χ0) is 23.7. The van der Waals surface area contributed by atoms with Gasteiger partial charge in [-0.3, -0.25) is 4.55 Å². The van der Waals surface area contributed by atoms with Gasteiger partial charge in [0.25, 0.3) is 10.1 Å². The fourth-order valence-corrected chi connectivity index (χ4v) is 4.52. The quantitative estimate of drug-likeness (QED) is 0.323. The van der Waals surface area contributed by atoms with Gasteiger partial charge in [0.1, 0.15) is 17.1 Å². The van der Waals surface area contributed by atoms with Gasteiger partial charge in [-0.25, -0.2) is 4.90 Å². The average Bonchev–Trinajstić information content (AvgIpc) is 2.82. The molecule has 0 saturated carbocycles. The van der Waals surface area contributed by atoms with Crippen LogP contribution in [0.1, 0.15) is 56.2 Å². The molecule has 33 heavy (non-hydrogen) atoms. The standard InChI is InChI=1S/C28H35NO3S/c1-3-5-7-23-9-15-26(16-10-23)29(27-17-11-24(12-18-27)8-6-4-2)28-19-13-25(14-20-28)21-22-33(30,31)32/h9-20H,3-8,21-22H2,1-2H3,(H,30,31,32)/p+1. The van der Waals surface area contributed by atoms with E-state index in [4.69, 9.17) is 4.55 Å². The largest absolute Gasteiger partial charge is 0.286 e. The van der Waals surface area contributed by atoms with Gasteiger partial charge in [0, 0.05) is 36.4 Å². The Hall–Kier alpha value is -2.47. The van der Waals surface area contributed by atoms with Gasteiger partial charge in [0.15, 0.2) is 0 Å². The van der Waals surface area contributed by atoms with Crippen LogP contribution in [0.15, 0.2) is 72.8 Å². The highest BCUT2D eigenvalue weighted by atomic mass is 32.2. The van der Waals surface area contributed by atoms with Crippen LogP contribution in [0.2, 0.25) is 0 Å². The fourth-order valence-electron chi connectivity index (χ4n) is 4.02. The van der Waals surface area contributed by atoms with Crippen molar-refractivity contribution < 1.29 is 17.9 Å². The summed E-state index contributed by atoms with van der Waals surface area (Å²) in [6.07, 6.45) is 7.26. The molecule has 0 unspecified atom stereocenters. The molecule has 0 spiro atoms. The molecule has 0 heterocycles. The van der Waals surface area contributed by atoms with Crippen LogP contribution in [-0.4, -0.2) is 18.7 Å². The number of aryl methyl sites for hydroxylation is 3. The molecule has 0 bridgehead atoms. The monoisotopic (exact) mass is 466 g/mol. The highest BCUT2D eigenvalue weighted by Crippen LogP contribution is 2.19. The molecule has 0 aliphatic carbocycles. The Labute approximate surface area is 199 Å². The van der Waals surface area contributed by atoms with Gasteiger partial charge in [0.2, 0.25) is 0 Å². The Morgan fingerprint density at radius 2 is 0.939 bits per heavy atom. The zero-order valence-electron chi connectivity index (χ0n) is 19.8. The van der Waals surface area contributed by atoms with Crippen molar-refractivity contribution in [1.82, 2.24) is 0 Å². The first-order valence-corrected chi connectivity index (χ1v) is 13.6. The fraction of sp³-hybridized carbons (Fsp3) is 0.357. The Morgan fingerprint density at radius 3 is 1.24 bits per heavy atom. The molecule has 0 fully saturated rings. The summed E-state index contributed by atoms with van der Waals surface area (Å²) in [5, 5.41) is 0. The molecule has 4 nitrogen and oxygen atoms in total. The molecule has 2 N–H and O–H groups in total. The van der Waals surface area contributed by atoms with E-state index in [2.05, 4.69) is 62.4 Å². The summed E-state index contributed by atoms with van der Waals surface area (Å²) in [6.45, 7) is 4.42. The minimum absolute atomic E-state index is 0.263. The Morgan fingerprint density at radius 1 is 0.606 bits per heavy atom. The summed E-state index contributed by atoms with van der Waals surface area (Å²) in [5.41, 5.74) is 7.03. The third-order valence-corrected chi connectivity index (χ3v) is 6.73. The van der Waals surface area contributed by atoms with Crippen molar-refractivity contribution in [3.63, 3.8) is 0 Å². The topological polar surface area (TPSA) is 58.8 Å². The maximum absolute atomic E-state index is 11.1. The van der Waals surface area contributed by atoms with Gasteiger partial charge >= 0.3 is 0 Å². The molecular weight excluding hydrogens is 430 g/mol. The lowest BCUT2D eigenvalue weighted by Gasteiger charge is -2.19. The van der Waals surface area contributed by atoms with E-state index >= 15 is 0 Å². The number of quaternary nitrogens is 1. The minimum atomic E-state index is -3.96. The van der Waals surface area contributed by atoms with Crippen LogP contribution < -0.4 is 4.90 Å². The first-order valence-electron chi connectivity index (χ1n) is 12.0. The third-order valence-electron chi connectivity index (χ3n) is 6.01. The summed E-state index contributed by atoms with van der Waals surface area (Å²) >= 11 is 0. The van der Waals surface area contributed by atoms with Gasteiger partial charge in [-0.2, -0.15) is 8.42 Å². The van der Waals surface area contributed by atoms with Crippen LogP contribution in [0, 0.1) is 0 Å². The number of hydrogen-bond donors (Lipinski definition) is 2. The van der Waals surface area contributed by atoms with E-state index in [1.165, 1.54) is 53.1 Å². The van der Waals surface area contributed by atoms with E-state index in [0.29, 0.717) is 6.42 Å². The van der Waals surface area contributed by atoms with Crippen molar-refractivity contribution in [3.05, 3.63) is 89.5 Å². The first-order chi connectivity index (χ1) is 15.9. The van der Waals surface area contributed by atoms with Crippen molar-refractivity contribution in [2.24, 2.45) is 0 Å². The Kier molecular flexibility index (Phi) is 9.24. The van der Waals surface area contributed by atoms with Gasteiger partial charge in [-0.1, -0.05) is 63.1 Å². The molecular formula is C28H36NO3S+. The number of benzene rings is 3. The number of unbranched alkanes of at least 4 members (excludes halogenated alkanes) is 2. The lowest BCUT2D eigenvalue weighted by molar-refractivity contribution is -0.681. The normalized spacial score (nSPS) is 11.8. The van der Waals surface area contributed by atoms with E-state index in [1.54, 1.807) is 0 Å². The second kappa shape index (κ2) is 12.1. The van der Waals surface area contributed by atoms with Crippen LogP contribution in [0.3, 0.4) is 0 Å². The van der Waals surface area contributed by atoms with Crippen molar-refractivity contribution in [3.8, 4) is 0 Å². The summed E-state index contributed by atoms with van der Waals surface area (Å²) < 4.78 is 31.2. The predicted octanol–water partition coefficient (Wildman–Crippen LogP) is 5.98. The van der Waals surface area contributed by atoms with E-state index in [0.717, 1.165) is 24.1 Å². The molecule has 0 amide bonds. The highest BCUT2D eigenvalue weighted by molar-refractivity contribution is 7.85. The van der Waals surface area contributed by atoms with Crippen LogP contribution >= 0.6 is 0 Å². The molecule has 0 aliphatic rings. The van der Waals surface area contributed by atoms with Crippen LogP contribution in [0.5, 0.6) is 0 Å². The average molecular weight is 467 g/mol. The molecule has 176 valence electrons. The van der Waals surface area contributed by atoms with Crippen molar-refractivity contribution in [2.45, 2.75) is 58.8 Å². The second-order valence-corrected chi connectivity index (χ2v) is 10.3. The van der Waals surface area contributed by atoms with E-state index in [1.807, 2.05) is 24.3 Å². The molecule has 5 heteroatoms. The molecule has 0 radical (unpaired) electrons. The molecule has 3 rings (SSSR count). The van der Waals surface area contributed by atoms with Crippen molar-refractivity contribution in [2.75, 3.05) is 5.75 Å². The SMILES string of the molecule is CCCCc1ccc([NH+](c2ccc(CCCC)cc2)c2ccc(CCS(=O)(=O)O)cc2)cc1. The minimum Gasteiger partial charge on any atom is -0.286 e. The molecule has 0 saturated heterocycles. The first kappa shape index (κ1) is 25.2. The molecule has 0 atom stereocenters. The number of rotatable bonds is 12. The molecule has 0 aliphatic heterocycles. The van der Waals surface area contributed by atoms with Gasteiger partial charge < -0.3 is 0 Å². The van der Waals surface area contributed by atoms with E-state index in [9.17, 15) is 8.42 Å². The Balaban J connectivity index is 1.90. The lowest BCUT2D eigenvalue weighted by Crippen LogP contribution is -2.96. The van der Waals surface area contributed by atoms with Crippen LogP contribution in [0.4, 0.5) is 17.1 Å². The molecule has 0 aromatic heterocycles. The lowest BCUT2D eigenvalue weighted by atomic mass is 10.1. The summed E-state index contributed by atoms with van der Waals surface area (Å²) in [7, 11) is -3.96. The number of nitrogens with one attached hydrogen (secondary N) is 1. The second-order valence-electron chi connectivity index (χ2n) is 8.71. The predicted molar refractivity (Wildman–Crippen MR) is 137 cm³/mol. The van der Waals surface area contributed by atoms with Crippen LogP contribution in [0.25, 0.3) is 0 Å². The third kappa shape index (κ3) is 7.81. The van der Waals surface area contributed by atoms with Crippen molar-refractivity contribution >= 4 is 27.2 Å². The zero-order valence-corrected chi connectivity index (χ0v) is 20.6. The Bertz CT molecular complexity index is 1040. The van der Waals surface area contributed by atoms with Crippen LogP contribution in [-0.2, 0) is 29.4 Å². The van der Waals surface area contributed by atoms with Crippen molar-refractivity contribution in [1.29, 1.82) is 0 Å². The highest BCUT2D eigenvalue weighted by Gasteiger charge is 2.19. The number of hydrogen-bond acceptors (Lipinski definition) is 2. The maximum atomic E-state index is 11.1. The maximum Gasteiger partial charge on any atom is 0.265 e. The van der Waals surface area contributed by atoms with E-state index in [-0.39, 0.29) is 5.75 Å². The smallest absolute Gasteiger partial charge is 0.265 e. The van der Waals surface area contributed by atoms with Gasteiger partial charge in [0.05, 0.1) is 5.75 Å².